The lowest BCUT2D eigenvalue weighted by molar-refractivity contribution is 0.101. The number of hydrogen-bond acceptors (Lipinski definition) is 4. The molecule has 1 aliphatic rings. The van der Waals surface area contributed by atoms with Gasteiger partial charge in [-0.1, -0.05) is 30.3 Å². The van der Waals surface area contributed by atoms with Crippen molar-refractivity contribution in [2.75, 3.05) is 0 Å². The first-order valence-electron chi connectivity index (χ1n) is 9.22. The minimum absolute atomic E-state index is 0.0603. The smallest absolute Gasteiger partial charge is 0.231 e. The van der Waals surface area contributed by atoms with E-state index in [2.05, 4.69) is 4.98 Å². The van der Waals surface area contributed by atoms with Gasteiger partial charge in [-0.3, -0.25) is 4.79 Å². The molecule has 0 aliphatic carbocycles. The van der Waals surface area contributed by atoms with E-state index in [9.17, 15) is 9.90 Å². The number of Topliss-reactive ketones (excluding diaryl/α,β-unsaturated/α-hetero) is 1. The fourth-order valence-electron chi connectivity index (χ4n) is 3.39. The minimum Gasteiger partial charge on any atom is -0.508 e. The highest BCUT2D eigenvalue weighted by Gasteiger charge is 2.27. The van der Waals surface area contributed by atoms with E-state index in [1.54, 1.807) is 12.1 Å². The van der Waals surface area contributed by atoms with Crippen LogP contribution in [0.5, 0.6) is 17.2 Å². The summed E-state index contributed by atoms with van der Waals surface area (Å²) >= 11 is 0. The monoisotopic (exact) mass is 383 g/mol. The number of H-pyrrole nitrogens is 1. The van der Waals surface area contributed by atoms with Crippen molar-refractivity contribution in [1.82, 2.24) is 4.98 Å². The summed E-state index contributed by atoms with van der Waals surface area (Å²) in [5.41, 5.74) is 3.30. The number of ether oxygens (including phenoxy) is 2. The highest BCUT2D eigenvalue weighted by molar-refractivity contribution is 6.15. The Hall–Kier alpha value is -3.99. The minimum atomic E-state index is -0.203. The zero-order valence-electron chi connectivity index (χ0n) is 15.4. The van der Waals surface area contributed by atoms with Crippen molar-refractivity contribution in [2.24, 2.45) is 0 Å². The topological polar surface area (TPSA) is 71.6 Å². The van der Waals surface area contributed by atoms with E-state index in [-0.39, 0.29) is 17.3 Å². The number of aromatic amines is 1. The van der Waals surface area contributed by atoms with Crippen LogP contribution >= 0.6 is 0 Å². The third-order valence-corrected chi connectivity index (χ3v) is 4.87. The Morgan fingerprint density at radius 3 is 2.76 bits per heavy atom. The molecule has 5 heteroatoms. The molecule has 29 heavy (non-hydrogen) atoms. The molecule has 2 heterocycles. The normalized spacial score (nSPS) is 14.2. The summed E-state index contributed by atoms with van der Waals surface area (Å²) in [6.45, 7) is 0.480. The number of phenolic OH excluding ortho intramolecular Hbond substituents is 1. The number of hydrogen-bond donors (Lipinski definition) is 2. The number of aromatic nitrogens is 1. The van der Waals surface area contributed by atoms with Crippen LogP contribution in [0, 0.1) is 0 Å². The zero-order chi connectivity index (χ0) is 19.8. The Labute approximate surface area is 166 Å². The molecular formula is C24H17NO4. The number of aromatic hydroxyl groups is 1. The molecule has 1 aromatic heterocycles. The Morgan fingerprint density at radius 2 is 1.90 bits per heavy atom. The molecule has 0 amide bonds. The van der Waals surface area contributed by atoms with E-state index in [1.807, 2.05) is 54.7 Å². The van der Waals surface area contributed by atoms with Gasteiger partial charge >= 0.3 is 0 Å². The van der Waals surface area contributed by atoms with Crippen molar-refractivity contribution >= 4 is 22.8 Å². The van der Waals surface area contributed by atoms with Gasteiger partial charge in [0.15, 0.2) is 5.76 Å². The molecule has 0 saturated carbocycles. The molecule has 0 spiro atoms. The number of carbonyl (C=O) groups is 1. The van der Waals surface area contributed by atoms with Crippen molar-refractivity contribution in [3.8, 4) is 17.2 Å². The van der Waals surface area contributed by atoms with Crippen LogP contribution in [0.15, 0.2) is 78.7 Å². The predicted molar refractivity (Wildman–Crippen MR) is 110 cm³/mol. The van der Waals surface area contributed by atoms with E-state index in [0.29, 0.717) is 17.9 Å². The highest BCUT2D eigenvalue weighted by atomic mass is 16.5. The lowest BCUT2D eigenvalue weighted by Gasteiger charge is -2.06. The summed E-state index contributed by atoms with van der Waals surface area (Å²) in [7, 11) is 0. The number of phenols is 1. The van der Waals surface area contributed by atoms with Crippen molar-refractivity contribution < 1.29 is 19.4 Å². The lowest BCUT2D eigenvalue weighted by atomic mass is 10.1. The van der Waals surface area contributed by atoms with Crippen molar-refractivity contribution in [2.45, 2.75) is 6.61 Å². The first-order valence-corrected chi connectivity index (χ1v) is 9.22. The van der Waals surface area contributed by atoms with E-state index in [4.69, 9.17) is 9.47 Å². The first-order chi connectivity index (χ1) is 14.2. The molecule has 142 valence electrons. The summed E-state index contributed by atoms with van der Waals surface area (Å²) in [4.78, 5) is 15.8. The maximum Gasteiger partial charge on any atom is 0.231 e. The van der Waals surface area contributed by atoms with E-state index < -0.39 is 0 Å². The Morgan fingerprint density at radius 1 is 1.03 bits per heavy atom. The van der Waals surface area contributed by atoms with Crippen LogP contribution in [-0.4, -0.2) is 15.9 Å². The van der Waals surface area contributed by atoms with Crippen molar-refractivity contribution in [3.05, 3.63) is 95.4 Å². The van der Waals surface area contributed by atoms with Crippen molar-refractivity contribution in [3.63, 3.8) is 0 Å². The van der Waals surface area contributed by atoms with Gasteiger partial charge in [-0.2, -0.15) is 0 Å². The molecule has 0 atom stereocenters. The van der Waals surface area contributed by atoms with Crippen LogP contribution in [-0.2, 0) is 6.61 Å². The summed E-state index contributed by atoms with van der Waals surface area (Å²) < 4.78 is 11.6. The summed E-state index contributed by atoms with van der Waals surface area (Å²) in [6, 6.07) is 20.3. The molecule has 4 aromatic rings. The molecule has 5 rings (SSSR count). The third-order valence-electron chi connectivity index (χ3n) is 4.87. The molecule has 2 N–H and O–H groups in total. The van der Waals surface area contributed by atoms with E-state index in [1.165, 1.54) is 12.1 Å². The predicted octanol–water partition coefficient (Wildman–Crippen LogP) is 5.07. The maximum absolute atomic E-state index is 12.6. The van der Waals surface area contributed by atoms with Gasteiger partial charge in [0.05, 0.1) is 5.56 Å². The summed E-state index contributed by atoms with van der Waals surface area (Å²) in [6.07, 6.45) is 3.54. The fraction of sp³-hybridized carbons (Fsp3) is 0.0417. The van der Waals surface area contributed by atoms with Gasteiger partial charge in [0.1, 0.15) is 23.9 Å². The van der Waals surface area contributed by atoms with Crippen LogP contribution in [0.1, 0.15) is 21.5 Å². The van der Waals surface area contributed by atoms with Crippen LogP contribution in [0.2, 0.25) is 0 Å². The van der Waals surface area contributed by atoms with Gasteiger partial charge in [0.2, 0.25) is 5.78 Å². The number of ketones is 1. The average Bonchev–Trinajstić information content (AvgIpc) is 3.28. The third kappa shape index (κ3) is 3.23. The quantitative estimate of drug-likeness (QED) is 0.483. The molecular weight excluding hydrogens is 366 g/mol. The maximum atomic E-state index is 12.6. The van der Waals surface area contributed by atoms with Gasteiger partial charge in [-0.25, -0.2) is 0 Å². The number of benzene rings is 3. The number of nitrogens with one attached hydrogen (secondary N) is 1. The second-order valence-corrected chi connectivity index (χ2v) is 6.85. The van der Waals surface area contributed by atoms with Gasteiger partial charge < -0.3 is 19.6 Å². The van der Waals surface area contributed by atoms with Gasteiger partial charge in [0.25, 0.3) is 0 Å². The standard InChI is InChI=1S/C24H17NO4/c26-17-6-8-19-22(11-17)29-23(24(19)27)10-16-13-25-21-9-7-18(12-20(16)21)28-14-15-4-2-1-3-5-15/h1-13,25-26H,14H2. The van der Waals surface area contributed by atoms with Crippen molar-refractivity contribution in [1.29, 1.82) is 0 Å². The largest absolute Gasteiger partial charge is 0.508 e. The van der Waals surface area contributed by atoms with Gasteiger partial charge in [-0.15, -0.1) is 0 Å². The van der Waals surface area contributed by atoms with Gasteiger partial charge in [0, 0.05) is 28.7 Å². The number of allylic oxidation sites excluding steroid dienone is 1. The van der Waals surface area contributed by atoms with Crippen LogP contribution in [0.4, 0.5) is 0 Å². The Bertz CT molecular complexity index is 1250. The number of carbonyl (C=O) groups excluding carboxylic acids is 1. The second kappa shape index (κ2) is 6.87. The summed E-state index contributed by atoms with van der Waals surface area (Å²) in [5, 5.41) is 10.5. The van der Waals surface area contributed by atoms with Crippen LogP contribution in [0.3, 0.4) is 0 Å². The number of fused-ring (bicyclic) bond motifs is 2. The molecule has 0 radical (unpaired) electrons. The fourth-order valence-corrected chi connectivity index (χ4v) is 3.39. The average molecular weight is 383 g/mol. The molecule has 1 aliphatic heterocycles. The molecule has 0 saturated heterocycles. The second-order valence-electron chi connectivity index (χ2n) is 6.85. The Kier molecular flexibility index (Phi) is 4.06. The zero-order valence-corrected chi connectivity index (χ0v) is 15.4. The lowest BCUT2D eigenvalue weighted by Crippen LogP contribution is -1.97. The van der Waals surface area contributed by atoms with E-state index in [0.717, 1.165) is 27.8 Å². The molecule has 0 unspecified atom stereocenters. The van der Waals surface area contributed by atoms with Gasteiger partial charge in [-0.05, 0) is 42.0 Å². The summed E-state index contributed by atoms with van der Waals surface area (Å²) in [5.74, 6) is 1.19. The molecule has 3 aromatic carbocycles. The van der Waals surface area contributed by atoms with Crippen LogP contribution < -0.4 is 9.47 Å². The molecule has 0 fully saturated rings. The first kappa shape index (κ1) is 17.1. The Balaban J connectivity index is 1.44. The van der Waals surface area contributed by atoms with Crippen LogP contribution in [0.25, 0.3) is 17.0 Å². The van der Waals surface area contributed by atoms with E-state index >= 15 is 0 Å². The number of rotatable bonds is 4. The highest BCUT2D eigenvalue weighted by Crippen LogP contribution is 2.35. The SMILES string of the molecule is O=C1C(=Cc2c[nH]c3ccc(OCc4ccccc4)cc23)Oc2cc(O)ccc21. The molecule has 0 bridgehead atoms. The molecule has 5 nitrogen and oxygen atoms in total.